The summed E-state index contributed by atoms with van der Waals surface area (Å²) in [7, 11) is 0. The summed E-state index contributed by atoms with van der Waals surface area (Å²) in [5.74, 6) is 0. The number of hydrogen-bond donors (Lipinski definition) is 1. The lowest BCUT2D eigenvalue weighted by Gasteiger charge is -2.37. The molecule has 0 fully saturated rings. The molecule has 0 radical (unpaired) electrons. The lowest BCUT2D eigenvalue weighted by Crippen LogP contribution is -2.43. The maximum absolute atomic E-state index is 6.51. The van der Waals surface area contributed by atoms with E-state index < -0.39 is 0 Å². The standard InChI is InChI=1S/C17H24N2O/c1-4-17(5-2,20-6-3)16(18)14-11-13-9-7-8-10-15(13)19-12-14/h7-12,16H,4-6,18H2,1-3H3. The molecule has 108 valence electrons. The van der Waals surface area contributed by atoms with Crippen molar-refractivity contribution in [3.05, 3.63) is 42.1 Å². The Morgan fingerprint density at radius 1 is 1.20 bits per heavy atom. The van der Waals surface area contributed by atoms with Gasteiger partial charge in [-0.2, -0.15) is 0 Å². The van der Waals surface area contributed by atoms with Crippen LogP contribution in [0.1, 0.15) is 45.2 Å². The largest absolute Gasteiger partial charge is 0.373 e. The molecule has 20 heavy (non-hydrogen) atoms. The smallest absolute Gasteiger partial charge is 0.0869 e. The van der Waals surface area contributed by atoms with Gasteiger partial charge in [0, 0.05) is 18.2 Å². The zero-order valence-electron chi connectivity index (χ0n) is 12.6. The van der Waals surface area contributed by atoms with Crippen molar-refractivity contribution in [3.8, 4) is 0 Å². The number of rotatable bonds is 6. The third-order valence-electron chi connectivity index (χ3n) is 4.17. The minimum absolute atomic E-state index is 0.158. The molecular formula is C17H24N2O. The second-order valence-corrected chi connectivity index (χ2v) is 5.14. The van der Waals surface area contributed by atoms with Gasteiger partial charge in [-0.3, -0.25) is 4.98 Å². The molecule has 1 aromatic heterocycles. The SMILES string of the molecule is CCOC(CC)(CC)C(N)c1cnc2ccccc2c1. The quantitative estimate of drug-likeness (QED) is 0.869. The van der Waals surface area contributed by atoms with Crippen LogP contribution in [-0.4, -0.2) is 17.2 Å². The second-order valence-electron chi connectivity index (χ2n) is 5.14. The van der Waals surface area contributed by atoms with Crippen molar-refractivity contribution in [2.45, 2.75) is 45.3 Å². The van der Waals surface area contributed by atoms with E-state index in [0.717, 1.165) is 29.3 Å². The Morgan fingerprint density at radius 2 is 1.90 bits per heavy atom. The Kier molecular flexibility index (Phi) is 4.73. The van der Waals surface area contributed by atoms with Crippen LogP contribution in [0.25, 0.3) is 10.9 Å². The molecule has 0 amide bonds. The Hall–Kier alpha value is -1.45. The van der Waals surface area contributed by atoms with Crippen LogP contribution in [0.2, 0.25) is 0 Å². The highest BCUT2D eigenvalue weighted by Crippen LogP contribution is 2.34. The highest BCUT2D eigenvalue weighted by atomic mass is 16.5. The number of nitrogens with zero attached hydrogens (tertiary/aromatic N) is 1. The average Bonchev–Trinajstić information content (AvgIpc) is 2.51. The van der Waals surface area contributed by atoms with E-state index >= 15 is 0 Å². The molecule has 1 atom stereocenters. The summed E-state index contributed by atoms with van der Waals surface area (Å²) in [6, 6.07) is 10.1. The molecule has 0 saturated heterocycles. The van der Waals surface area contributed by atoms with E-state index in [1.54, 1.807) is 0 Å². The van der Waals surface area contributed by atoms with E-state index in [9.17, 15) is 0 Å². The number of pyridine rings is 1. The van der Waals surface area contributed by atoms with Gasteiger partial charge in [-0.1, -0.05) is 32.0 Å². The summed E-state index contributed by atoms with van der Waals surface area (Å²) in [4.78, 5) is 4.51. The highest BCUT2D eigenvalue weighted by molar-refractivity contribution is 5.78. The topological polar surface area (TPSA) is 48.1 Å². The van der Waals surface area contributed by atoms with Crippen LogP contribution >= 0.6 is 0 Å². The predicted molar refractivity (Wildman–Crippen MR) is 83.6 cm³/mol. The summed E-state index contributed by atoms with van der Waals surface area (Å²) in [6.07, 6.45) is 3.67. The second kappa shape index (κ2) is 6.33. The third-order valence-corrected chi connectivity index (χ3v) is 4.17. The molecule has 2 N–H and O–H groups in total. The van der Waals surface area contributed by atoms with Gasteiger partial charge in [0.25, 0.3) is 0 Å². The van der Waals surface area contributed by atoms with Crippen molar-refractivity contribution in [1.29, 1.82) is 0 Å². The molecule has 1 unspecified atom stereocenters. The minimum Gasteiger partial charge on any atom is -0.373 e. The van der Waals surface area contributed by atoms with Crippen LogP contribution in [0, 0.1) is 0 Å². The van der Waals surface area contributed by atoms with Gasteiger partial charge in [0.1, 0.15) is 0 Å². The maximum Gasteiger partial charge on any atom is 0.0869 e. The van der Waals surface area contributed by atoms with Crippen molar-refractivity contribution < 1.29 is 4.74 Å². The van der Waals surface area contributed by atoms with Gasteiger partial charge in [-0.25, -0.2) is 0 Å². The van der Waals surface area contributed by atoms with Gasteiger partial charge < -0.3 is 10.5 Å². The van der Waals surface area contributed by atoms with Crippen LogP contribution in [0.3, 0.4) is 0 Å². The van der Waals surface area contributed by atoms with Crippen LogP contribution in [0.15, 0.2) is 36.5 Å². The molecule has 1 heterocycles. The normalized spacial score (nSPS) is 13.6. The van der Waals surface area contributed by atoms with E-state index in [0.29, 0.717) is 6.61 Å². The summed E-state index contributed by atoms with van der Waals surface area (Å²) >= 11 is 0. The van der Waals surface area contributed by atoms with Gasteiger partial charge in [-0.05, 0) is 37.5 Å². The Morgan fingerprint density at radius 3 is 2.55 bits per heavy atom. The van der Waals surface area contributed by atoms with E-state index in [2.05, 4.69) is 31.0 Å². The predicted octanol–water partition coefficient (Wildman–Crippen LogP) is 3.83. The fraction of sp³-hybridized carbons (Fsp3) is 0.471. The number of aromatic nitrogens is 1. The molecule has 0 aliphatic carbocycles. The maximum atomic E-state index is 6.51. The molecule has 3 nitrogen and oxygen atoms in total. The number of para-hydroxylation sites is 1. The van der Waals surface area contributed by atoms with Gasteiger partial charge >= 0.3 is 0 Å². The summed E-state index contributed by atoms with van der Waals surface area (Å²) < 4.78 is 6.00. The van der Waals surface area contributed by atoms with Crippen molar-refractivity contribution in [3.63, 3.8) is 0 Å². The molecular weight excluding hydrogens is 248 g/mol. The molecule has 0 saturated carbocycles. The van der Waals surface area contributed by atoms with Crippen LogP contribution in [0.5, 0.6) is 0 Å². The molecule has 2 aromatic rings. The van der Waals surface area contributed by atoms with Crippen molar-refractivity contribution >= 4 is 10.9 Å². The fourth-order valence-corrected chi connectivity index (χ4v) is 2.83. The molecule has 2 rings (SSSR count). The first kappa shape index (κ1) is 14.9. The number of hydrogen-bond acceptors (Lipinski definition) is 3. The van der Waals surface area contributed by atoms with Crippen LogP contribution in [0.4, 0.5) is 0 Å². The molecule has 0 bridgehead atoms. The lowest BCUT2D eigenvalue weighted by molar-refractivity contribution is -0.0646. The first-order valence-corrected chi connectivity index (χ1v) is 7.41. The monoisotopic (exact) mass is 272 g/mol. The van der Waals surface area contributed by atoms with Crippen molar-refractivity contribution in [1.82, 2.24) is 4.98 Å². The minimum atomic E-state index is -0.307. The zero-order valence-corrected chi connectivity index (χ0v) is 12.6. The Balaban J connectivity index is 2.40. The lowest BCUT2D eigenvalue weighted by atomic mass is 9.84. The van der Waals surface area contributed by atoms with Gasteiger partial charge in [-0.15, -0.1) is 0 Å². The van der Waals surface area contributed by atoms with Gasteiger partial charge in [0.15, 0.2) is 0 Å². The van der Waals surface area contributed by atoms with Crippen LogP contribution < -0.4 is 5.73 Å². The third kappa shape index (κ3) is 2.69. The highest BCUT2D eigenvalue weighted by Gasteiger charge is 2.35. The molecule has 0 aliphatic heterocycles. The van der Waals surface area contributed by atoms with Crippen LogP contribution in [-0.2, 0) is 4.74 Å². The molecule has 0 aliphatic rings. The van der Waals surface area contributed by atoms with E-state index in [4.69, 9.17) is 10.5 Å². The van der Waals surface area contributed by atoms with E-state index in [1.807, 2.05) is 31.3 Å². The van der Waals surface area contributed by atoms with Crippen molar-refractivity contribution in [2.24, 2.45) is 5.73 Å². The summed E-state index contributed by atoms with van der Waals surface area (Å²) in [6.45, 7) is 6.96. The van der Waals surface area contributed by atoms with E-state index in [1.165, 1.54) is 0 Å². The first-order valence-electron chi connectivity index (χ1n) is 7.41. The molecule has 3 heteroatoms. The Labute approximate surface area is 121 Å². The Bertz CT molecular complexity index is 564. The average molecular weight is 272 g/mol. The van der Waals surface area contributed by atoms with Gasteiger partial charge in [0.2, 0.25) is 0 Å². The van der Waals surface area contributed by atoms with Crippen molar-refractivity contribution in [2.75, 3.05) is 6.61 Å². The fourth-order valence-electron chi connectivity index (χ4n) is 2.83. The van der Waals surface area contributed by atoms with E-state index in [-0.39, 0.29) is 11.6 Å². The molecule has 1 aromatic carbocycles. The number of ether oxygens (including phenoxy) is 1. The first-order chi connectivity index (χ1) is 9.66. The zero-order chi connectivity index (χ0) is 14.6. The summed E-state index contributed by atoms with van der Waals surface area (Å²) in [5, 5.41) is 1.12. The molecule has 0 spiro atoms. The number of nitrogens with two attached hydrogens (primary N) is 1. The number of benzene rings is 1. The summed E-state index contributed by atoms with van der Waals surface area (Å²) in [5.41, 5.74) is 8.24. The number of fused-ring (bicyclic) bond motifs is 1. The van der Waals surface area contributed by atoms with Gasteiger partial charge in [0.05, 0.1) is 17.2 Å².